The quantitative estimate of drug-likeness (QED) is 0.566. The zero-order valence-electron chi connectivity index (χ0n) is 17.8. The lowest BCUT2D eigenvalue weighted by molar-refractivity contribution is -0.118. The number of fused-ring (bicyclic) bond motifs is 1. The number of hydrogen-bond donors (Lipinski definition) is 1. The standard InChI is InChI=1S/C25H29N3O3/c29-24(26-14-7-17-28-15-5-1-2-6-16-28)20-12-10-19(11-13-20)18-23-25(30)27-21-8-3-4-9-22(21)31-23/h3-4,8-13,18,22H,1-2,5-7,14-17H2,(H,26,29)/b23-18-. The van der Waals surface area contributed by atoms with E-state index in [4.69, 9.17) is 4.74 Å². The molecule has 2 amide bonds. The van der Waals surface area contributed by atoms with E-state index in [-0.39, 0.29) is 17.8 Å². The van der Waals surface area contributed by atoms with Crippen molar-refractivity contribution < 1.29 is 14.3 Å². The van der Waals surface area contributed by atoms with Gasteiger partial charge in [0.05, 0.1) is 5.71 Å². The predicted molar refractivity (Wildman–Crippen MR) is 122 cm³/mol. The van der Waals surface area contributed by atoms with Crippen LogP contribution in [0.15, 0.2) is 59.3 Å². The van der Waals surface area contributed by atoms with Crippen molar-refractivity contribution in [2.24, 2.45) is 4.99 Å². The summed E-state index contributed by atoms with van der Waals surface area (Å²) in [4.78, 5) is 31.2. The molecule has 3 aliphatic rings. The number of nitrogens with one attached hydrogen (secondary N) is 1. The van der Waals surface area contributed by atoms with Crippen LogP contribution < -0.4 is 5.32 Å². The van der Waals surface area contributed by atoms with Crippen molar-refractivity contribution in [3.05, 3.63) is 65.5 Å². The van der Waals surface area contributed by atoms with Gasteiger partial charge in [0.2, 0.25) is 0 Å². The first-order chi connectivity index (χ1) is 15.2. The van der Waals surface area contributed by atoms with Crippen LogP contribution >= 0.6 is 0 Å². The molecule has 2 heterocycles. The second kappa shape index (κ2) is 10.4. The van der Waals surface area contributed by atoms with Gasteiger partial charge < -0.3 is 15.0 Å². The number of benzene rings is 1. The van der Waals surface area contributed by atoms with Crippen molar-refractivity contribution in [1.29, 1.82) is 0 Å². The number of ether oxygens (including phenoxy) is 1. The fraction of sp³-hybridized carbons (Fsp3) is 0.400. The Kier molecular flexibility index (Phi) is 7.10. The zero-order chi connectivity index (χ0) is 21.5. The summed E-state index contributed by atoms with van der Waals surface area (Å²) in [5.41, 5.74) is 2.01. The highest BCUT2D eigenvalue weighted by molar-refractivity contribution is 6.13. The average Bonchev–Trinajstić information content (AvgIpc) is 3.06. The summed E-state index contributed by atoms with van der Waals surface area (Å²) in [6.45, 7) is 4.07. The Balaban J connectivity index is 1.28. The number of amides is 2. The largest absolute Gasteiger partial charge is 0.474 e. The molecule has 0 spiro atoms. The van der Waals surface area contributed by atoms with Gasteiger partial charge in [-0.1, -0.05) is 37.1 Å². The minimum atomic E-state index is -0.391. The van der Waals surface area contributed by atoms with Crippen LogP contribution in [0, 0.1) is 0 Å². The third-order valence-corrected chi connectivity index (χ3v) is 5.76. The zero-order valence-corrected chi connectivity index (χ0v) is 17.8. The molecular formula is C25H29N3O3. The lowest BCUT2D eigenvalue weighted by Crippen LogP contribution is -2.30. The predicted octanol–water partition coefficient (Wildman–Crippen LogP) is 3.52. The molecule has 1 fully saturated rings. The molecule has 0 radical (unpaired) electrons. The molecular weight excluding hydrogens is 390 g/mol. The van der Waals surface area contributed by atoms with E-state index in [1.807, 2.05) is 30.4 Å². The molecule has 2 aliphatic heterocycles. The molecule has 1 atom stereocenters. The van der Waals surface area contributed by atoms with E-state index in [9.17, 15) is 9.59 Å². The van der Waals surface area contributed by atoms with Crippen LogP contribution in [0.3, 0.4) is 0 Å². The number of nitrogens with zero attached hydrogens (tertiary/aromatic N) is 2. The highest BCUT2D eigenvalue weighted by atomic mass is 16.5. The Bertz CT molecular complexity index is 920. The van der Waals surface area contributed by atoms with Gasteiger partial charge in [-0.2, -0.15) is 0 Å². The van der Waals surface area contributed by atoms with Gasteiger partial charge in [0, 0.05) is 12.1 Å². The molecule has 0 saturated carbocycles. The van der Waals surface area contributed by atoms with Crippen molar-refractivity contribution in [2.45, 2.75) is 38.2 Å². The normalized spacial score (nSPS) is 22.5. The lowest BCUT2D eigenvalue weighted by atomic mass is 10.1. The number of carbonyl (C=O) groups excluding carboxylic acids is 2. The van der Waals surface area contributed by atoms with Crippen molar-refractivity contribution in [3.63, 3.8) is 0 Å². The van der Waals surface area contributed by atoms with Crippen LogP contribution in [0.4, 0.5) is 0 Å². The number of rotatable bonds is 6. The van der Waals surface area contributed by atoms with Crippen LogP contribution in [0.1, 0.15) is 48.0 Å². The van der Waals surface area contributed by atoms with Crippen molar-refractivity contribution >= 4 is 23.6 Å². The number of hydrogen-bond acceptors (Lipinski definition) is 4. The van der Waals surface area contributed by atoms with Gasteiger partial charge >= 0.3 is 5.91 Å². The molecule has 1 unspecified atom stereocenters. The third kappa shape index (κ3) is 5.79. The smallest absolute Gasteiger partial charge is 0.312 e. The average molecular weight is 420 g/mol. The van der Waals surface area contributed by atoms with Gasteiger partial charge in [-0.05, 0) is 74.8 Å². The van der Waals surface area contributed by atoms with Gasteiger partial charge in [-0.3, -0.25) is 9.59 Å². The van der Waals surface area contributed by atoms with Gasteiger partial charge in [-0.15, -0.1) is 0 Å². The van der Waals surface area contributed by atoms with Crippen LogP contribution in [-0.2, 0) is 9.53 Å². The topological polar surface area (TPSA) is 71.0 Å². The minimum absolute atomic E-state index is 0.0755. The highest BCUT2D eigenvalue weighted by Gasteiger charge is 2.26. The van der Waals surface area contributed by atoms with Gasteiger partial charge in [-0.25, -0.2) is 4.99 Å². The number of carbonyl (C=O) groups is 2. The van der Waals surface area contributed by atoms with E-state index in [0.29, 0.717) is 17.8 Å². The molecule has 6 nitrogen and oxygen atoms in total. The molecule has 4 rings (SSSR count). The van der Waals surface area contributed by atoms with E-state index in [1.165, 1.54) is 38.8 Å². The molecule has 1 aliphatic carbocycles. The van der Waals surface area contributed by atoms with Gasteiger partial charge in [0.1, 0.15) is 0 Å². The Morgan fingerprint density at radius 2 is 1.90 bits per heavy atom. The molecule has 31 heavy (non-hydrogen) atoms. The molecule has 1 saturated heterocycles. The first-order valence-corrected chi connectivity index (χ1v) is 11.2. The Morgan fingerprint density at radius 3 is 2.68 bits per heavy atom. The van der Waals surface area contributed by atoms with Crippen LogP contribution in [0.2, 0.25) is 0 Å². The molecule has 0 aromatic heterocycles. The summed E-state index contributed by atoms with van der Waals surface area (Å²) in [6, 6.07) is 7.15. The Hall–Kier alpha value is -2.99. The second-order valence-corrected chi connectivity index (χ2v) is 8.12. The summed E-state index contributed by atoms with van der Waals surface area (Å²) < 4.78 is 5.77. The maximum absolute atomic E-state index is 12.4. The summed E-state index contributed by atoms with van der Waals surface area (Å²) in [7, 11) is 0. The molecule has 6 heteroatoms. The van der Waals surface area contributed by atoms with Crippen LogP contribution in [0.5, 0.6) is 0 Å². The maximum Gasteiger partial charge on any atom is 0.312 e. The van der Waals surface area contributed by atoms with Crippen molar-refractivity contribution in [1.82, 2.24) is 10.2 Å². The van der Waals surface area contributed by atoms with E-state index in [2.05, 4.69) is 15.2 Å². The van der Waals surface area contributed by atoms with E-state index >= 15 is 0 Å². The van der Waals surface area contributed by atoms with Gasteiger partial charge in [0.15, 0.2) is 11.9 Å². The molecule has 0 bridgehead atoms. The molecule has 1 N–H and O–H groups in total. The Labute approximate surface area is 183 Å². The second-order valence-electron chi connectivity index (χ2n) is 8.12. The summed E-state index contributed by atoms with van der Waals surface area (Å²) in [5, 5.41) is 3.00. The summed E-state index contributed by atoms with van der Waals surface area (Å²) in [6.07, 6.45) is 14.9. The fourth-order valence-corrected chi connectivity index (χ4v) is 4.02. The fourth-order valence-electron chi connectivity index (χ4n) is 4.02. The Morgan fingerprint density at radius 1 is 1.13 bits per heavy atom. The molecule has 162 valence electrons. The number of likely N-dealkylation sites (tertiary alicyclic amines) is 1. The number of allylic oxidation sites excluding steroid dienone is 2. The first kappa shape index (κ1) is 21.2. The van der Waals surface area contributed by atoms with Crippen LogP contribution in [-0.4, -0.2) is 54.7 Å². The number of aliphatic imine (C=N–C) groups is 1. The summed E-state index contributed by atoms with van der Waals surface area (Å²) in [5.74, 6) is -0.259. The van der Waals surface area contributed by atoms with E-state index in [0.717, 1.165) is 18.5 Å². The lowest BCUT2D eigenvalue weighted by Gasteiger charge is -2.22. The van der Waals surface area contributed by atoms with E-state index < -0.39 is 5.91 Å². The van der Waals surface area contributed by atoms with Crippen molar-refractivity contribution in [3.8, 4) is 0 Å². The molecule has 1 aromatic carbocycles. The van der Waals surface area contributed by atoms with E-state index in [1.54, 1.807) is 24.3 Å². The van der Waals surface area contributed by atoms with Crippen LogP contribution in [0.25, 0.3) is 6.08 Å². The maximum atomic E-state index is 12.4. The summed E-state index contributed by atoms with van der Waals surface area (Å²) >= 11 is 0. The van der Waals surface area contributed by atoms with Crippen molar-refractivity contribution in [2.75, 3.05) is 26.2 Å². The first-order valence-electron chi connectivity index (χ1n) is 11.2. The monoisotopic (exact) mass is 419 g/mol. The van der Waals surface area contributed by atoms with Gasteiger partial charge in [0.25, 0.3) is 5.91 Å². The minimum Gasteiger partial charge on any atom is -0.474 e. The highest BCUT2D eigenvalue weighted by Crippen LogP contribution is 2.20. The molecule has 1 aromatic rings. The SMILES string of the molecule is O=C1N=C2C=CC=CC2O/C1=C\c1ccc(C(=O)NCCCN2CCCCCC2)cc1. The third-order valence-electron chi connectivity index (χ3n) is 5.76.